The van der Waals surface area contributed by atoms with Gasteiger partial charge in [-0.3, -0.25) is 0 Å². The number of aromatic nitrogens is 4. The van der Waals surface area contributed by atoms with E-state index in [2.05, 4.69) is 36.3 Å². The van der Waals surface area contributed by atoms with Gasteiger partial charge in [0.15, 0.2) is 5.82 Å². The van der Waals surface area contributed by atoms with E-state index >= 15 is 0 Å². The standard InChI is InChI=1S/C11H13BrN6O2/c1-3-13-9-4-7(2)14-10(15-9)6-17-5-8(12)11(16-17)18(19)20/h4-5H,3,6H2,1-2H3,(H,13,14,15). The first-order chi connectivity index (χ1) is 9.49. The molecule has 0 saturated heterocycles. The molecule has 8 nitrogen and oxygen atoms in total. The number of nitrogens with zero attached hydrogens (tertiary/aromatic N) is 5. The fourth-order valence-electron chi connectivity index (χ4n) is 1.71. The van der Waals surface area contributed by atoms with Crippen molar-refractivity contribution in [1.82, 2.24) is 19.7 Å². The summed E-state index contributed by atoms with van der Waals surface area (Å²) in [5.41, 5.74) is 0.826. The van der Waals surface area contributed by atoms with Crippen molar-refractivity contribution in [3.05, 3.63) is 38.4 Å². The van der Waals surface area contributed by atoms with Crippen molar-refractivity contribution in [2.24, 2.45) is 0 Å². The molecule has 0 amide bonds. The van der Waals surface area contributed by atoms with Crippen molar-refractivity contribution >= 4 is 27.6 Å². The van der Waals surface area contributed by atoms with E-state index in [9.17, 15) is 10.1 Å². The molecule has 106 valence electrons. The molecule has 2 aromatic heterocycles. The van der Waals surface area contributed by atoms with Gasteiger partial charge in [0.05, 0.1) is 11.3 Å². The second-order valence-electron chi connectivity index (χ2n) is 4.10. The molecule has 0 atom stereocenters. The van der Waals surface area contributed by atoms with Gasteiger partial charge in [0.2, 0.25) is 0 Å². The molecule has 0 unspecified atom stereocenters. The van der Waals surface area contributed by atoms with Crippen LogP contribution < -0.4 is 5.32 Å². The van der Waals surface area contributed by atoms with Crippen LogP contribution in [0.15, 0.2) is 16.7 Å². The van der Waals surface area contributed by atoms with Crippen molar-refractivity contribution < 1.29 is 4.92 Å². The Bertz CT molecular complexity index is 642. The summed E-state index contributed by atoms with van der Waals surface area (Å²) in [4.78, 5) is 18.8. The maximum absolute atomic E-state index is 10.7. The van der Waals surface area contributed by atoms with Crippen molar-refractivity contribution in [1.29, 1.82) is 0 Å². The molecule has 2 heterocycles. The van der Waals surface area contributed by atoms with Gasteiger partial charge in [-0.15, -0.1) is 0 Å². The van der Waals surface area contributed by atoms with Gasteiger partial charge in [-0.2, -0.15) is 4.68 Å². The lowest BCUT2D eigenvalue weighted by Crippen LogP contribution is -2.09. The summed E-state index contributed by atoms with van der Waals surface area (Å²) in [6.45, 7) is 4.87. The molecule has 0 spiro atoms. The van der Waals surface area contributed by atoms with E-state index in [0.29, 0.717) is 10.3 Å². The molecule has 0 saturated carbocycles. The topological polar surface area (TPSA) is 98.8 Å². The highest BCUT2D eigenvalue weighted by atomic mass is 79.9. The Labute approximate surface area is 123 Å². The Kier molecular flexibility index (Phi) is 4.28. The monoisotopic (exact) mass is 340 g/mol. The number of nitrogens with one attached hydrogen (secondary N) is 1. The first-order valence-corrected chi connectivity index (χ1v) is 6.74. The molecule has 0 radical (unpaired) electrons. The molecule has 0 fully saturated rings. The van der Waals surface area contributed by atoms with Gasteiger partial charge in [0, 0.05) is 18.3 Å². The first kappa shape index (κ1) is 14.4. The number of anilines is 1. The Balaban J connectivity index is 2.25. The van der Waals surface area contributed by atoms with Crippen LogP contribution in [0, 0.1) is 17.0 Å². The van der Waals surface area contributed by atoms with Crippen LogP contribution in [0.2, 0.25) is 0 Å². The highest BCUT2D eigenvalue weighted by Crippen LogP contribution is 2.22. The van der Waals surface area contributed by atoms with Gasteiger partial charge in [-0.25, -0.2) is 9.97 Å². The van der Waals surface area contributed by atoms with Gasteiger partial charge in [-0.05, 0) is 34.7 Å². The number of hydrogen-bond acceptors (Lipinski definition) is 6. The van der Waals surface area contributed by atoms with E-state index in [1.54, 1.807) is 0 Å². The molecule has 0 aliphatic carbocycles. The Morgan fingerprint density at radius 3 is 2.85 bits per heavy atom. The van der Waals surface area contributed by atoms with Gasteiger partial charge in [-0.1, -0.05) is 0 Å². The van der Waals surface area contributed by atoms with Crippen LogP contribution >= 0.6 is 15.9 Å². The molecule has 0 aliphatic heterocycles. The summed E-state index contributed by atoms with van der Waals surface area (Å²) >= 11 is 3.11. The van der Waals surface area contributed by atoms with Crippen LogP contribution in [0.4, 0.5) is 11.6 Å². The fourth-order valence-corrected chi connectivity index (χ4v) is 2.17. The van der Waals surface area contributed by atoms with Crippen LogP contribution in [0.3, 0.4) is 0 Å². The molecule has 20 heavy (non-hydrogen) atoms. The minimum atomic E-state index is -0.540. The van der Waals surface area contributed by atoms with Crippen molar-refractivity contribution in [2.45, 2.75) is 20.4 Å². The molecule has 0 aromatic carbocycles. The largest absolute Gasteiger partial charge is 0.404 e. The lowest BCUT2D eigenvalue weighted by atomic mass is 10.4. The predicted molar refractivity (Wildman–Crippen MR) is 76.6 cm³/mol. The minimum Gasteiger partial charge on any atom is -0.370 e. The van der Waals surface area contributed by atoms with E-state index in [4.69, 9.17) is 0 Å². The Morgan fingerprint density at radius 1 is 1.50 bits per heavy atom. The molecule has 0 aliphatic rings. The molecule has 9 heteroatoms. The zero-order valence-corrected chi connectivity index (χ0v) is 12.6. The smallest absolute Gasteiger partial charge is 0.370 e. The SMILES string of the molecule is CCNc1cc(C)nc(Cn2cc(Br)c([N+](=O)[O-])n2)n1. The summed E-state index contributed by atoms with van der Waals surface area (Å²) in [5, 5.41) is 17.7. The lowest BCUT2D eigenvalue weighted by Gasteiger charge is -2.05. The van der Waals surface area contributed by atoms with Crippen LogP contribution in [0.1, 0.15) is 18.4 Å². The number of halogens is 1. The van der Waals surface area contributed by atoms with E-state index < -0.39 is 4.92 Å². The number of hydrogen-bond donors (Lipinski definition) is 1. The van der Waals surface area contributed by atoms with E-state index in [0.717, 1.165) is 18.1 Å². The summed E-state index contributed by atoms with van der Waals surface area (Å²) < 4.78 is 1.77. The highest BCUT2D eigenvalue weighted by molar-refractivity contribution is 9.10. The van der Waals surface area contributed by atoms with Gasteiger partial charge in [0.1, 0.15) is 16.8 Å². The zero-order chi connectivity index (χ0) is 14.7. The number of aryl methyl sites for hydroxylation is 1. The van der Waals surface area contributed by atoms with Gasteiger partial charge in [0.25, 0.3) is 0 Å². The van der Waals surface area contributed by atoms with E-state index in [-0.39, 0.29) is 12.4 Å². The normalized spacial score (nSPS) is 10.6. The molecule has 2 rings (SSSR count). The summed E-state index contributed by atoms with van der Waals surface area (Å²) in [7, 11) is 0. The van der Waals surface area contributed by atoms with Gasteiger partial charge >= 0.3 is 5.82 Å². The minimum absolute atomic E-state index is 0.218. The Morgan fingerprint density at radius 2 is 2.25 bits per heavy atom. The first-order valence-electron chi connectivity index (χ1n) is 5.95. The van der Waals surface area contributed by atoms with E-state index in [1.165, 1.54) is 10.9 Å². The number of nitro groups is 1. The third kappa shape index (κ3) is 3.29. The zero-order valence-electron chi connectivity index (χ0n) is 11.0. The second kappa shape index (κ2) is 5.95. The lowest BCUT2D eigenvalue weighted by molar-refractivity contribution is -0.390. The quantitative estimate of drug-likeness (QED) is 0.661. The number of rotatable bonds is 5. The molecular weight excluding hydrogens is 328 g/mol. The van der Waals surface area contributed by atoms with Crippen LogP contribution in [0.25, 0.3) is 0 Å². The maximum atomic E-state index is 10.7. The summed E-state index contributed by atoms with van der Waals surface area (Å²) in [5.74, 6) is 1.06. The van der Waals surface area contributed by atoms with E-state index in [1.807, 2.05) is 19.9 Å². The Hall–Kier alpha value is -2.03. The van der Waals surface area contributed by atoms with Gasteiger partial charge < -0.3 is 15.4 Å². The third-order valence-corrected chi connectivity index (χ3v) is 2.99. The average molecular weight is 341 g/mol. The third-order valence-electron chi connectivity index (χ3n) is 2.43. The van der Waals surface area contributed by atoms with Crippen LogP contribution in [-0.2, 0) is 6.54 Å². The predicted octanol–water partition coefficient (Wildman–Crippen LogP) is 2.13. The van der Waals surface area contributed by atoms with Crippen LogP contribution in [-0.4, -0.2) is 31.2 Å². The molecule has 2 aromatic rings. The molecule has 1 N–H and O–H groups in total. The molecular formula is C11H13BrN6O2. The summed E-state index contributed by atoms with van der Waals surface area (Å²) in [6, 6.07) is 1.84. The second-order valence-corrected chi connectivity index (χ2v) is 4.95. The average Bonchev–Trinajstić information content (AvgIpc) is 2.70. The van der Waals surface area contributed by atoms with Crippen molar-refractivity contribution in [2.75, 3.05) is 11.9 Å². The highest BCUT2D eigenvalue weighted by Gasteiger charge is 2.19. The van der Waals surface area contributed by atoms with Crippen molar-refractivity contribution in [3.8, 4) is 0 Å². The summed E-state index contributed by atoms with van der Waals surface area (Å²) in [6.07, 6.45) is 1.54. The van der Waals surface area contributed by atoms with Crippen LogP contribution in [0.5, 0.6) is 0 Å². The molecule has 0 bridgehead atoms. The maximum Gasteiger partial charge on any atom is 0.404 e. The fraction of sp³-hybridized carbons (Fsp3) is 0.364. The van der Waals surface area contributed by atoms with Crippen molar-refractivity contribution in [3.63, 3.8) is 0 Å².